The number of carboxylic acid groups (broad SMARTS) is 1. The van der Waals surface area contributed by atoms with Crippen molar-refractivity contribution in [3.63, 3.8) is 0 Å². The number of anilines is 1. The van der Waals surface area contributed by atoms with Crippen molar-refractivity contribution >= 4 is 33.3 Å². The SMILES string of the molecule is COc1cc(Cl)cc(-c2ccc3c(c2)N(S(=O)(=O)c2cccc(C(F)(F)F)c2)C[C@H](CCC(=O)O)O3)c1. The molecule has 0 bridgehead atoms. The van der Waals surface area contributed by atoms with Crippen LogP contribution in [0.25, 0.3) is 11.1 Å². The number of ether oxygens (including phenoxy) is 2. The van der Waals surface area contributed by atoms with E-state index in [1.807, 2.05) is 0 Å². The second-order valence-electron chi connectivity index (χ2n) is 8.30. The van der Waals surface area contributed by atoms with E-state index in [-0.39, 0.29) is 30.8 Å². The molecular formula is C25H21ClF3NO6S. The fourth-order valence-electron chi connectivity index (χ4n) is 3.96. The number of methoxy groups -OCH3 is 1. The van der Waals surface area contributed by atoms with E-state index in [1.165, 1.54) is 19.2 Å². The minimum absolute atomic E-state index is 0.00335. The number of hydrogen-bond donors (Lipinski definition) is 1. The van der Waals surface area contributed by atoms with Gasteiger partial charge in [-0.05, 0) is 66.1 Å². The standard InChI is InChI=1S/C25H21ClF3NO6S/c1-35-20-10-16(9-18(26)13-20)15-5-7-23-22(11-15)30(14-19(36-23)6-8-24(31)32)37(33,34)21-4-2-3-17(12-21)25(27,28)29/h2-5,7,9-13,19H,6,8,14H2,1H3,(H,31,32)/t19-/m0/s1. The van der Waals surface area contributed by atoms with Crippen LogP contribution in [0.15, 0.2) is 65.6 Å². The van der Waals surface area contributed by atoms with Crippen molar-refractivity contribution in [1.29, 1.82) is 0 Å². The van der Waals surface area contributed by atoms with Crippen LogP contribution < -0.4 is 13.8 Å². The van der Waals surface area contributed by atoms with Crippen molar-refractivity contribution in [2.45, 2.75) is 30.0 Å². The lowest BCUT2D eigenvalue weighted by Crippen LogP contribution is -2.43. The number of sulfonamides is 1. The molecule has 3 aromatic carbocycles. The highest BCUT2D eigenvalue weighted by Crippen LogP contribution is 2.42. The lowest BCUT2D eigenvalue weighted by molar-refractivity contribution is -0.138. The average molecular weight is 556 g/mol. The summed E-state index contributed by atoms with van der Waals surface area (Å²) in [5, 5.41) is 9.44. The van der Waals surface area contributed by atoms with Crippen LogP contribution in [-0.4, -0.2) is 39.3 Å². The van der Waals surface area contributed by atoms with E-state index in [0.29, 0.717) is 28.0 Å². The van der Waals surface area contributed by atoms with Crippen molar-refractivity contribution in [2.24, 2.45) is 0 Å². The summed E-state index contributed by atoms with van der Waals surface area (Å²) >= 11 is 6.18. The number of carboxylic acids is 1. The molecule has 0 unspecified atom stereocenters. The Kier molecular flexibility index (Phi) is 7.29. The van der Waals surface area contributed by atoms with Gasteiger partial charge in [-0.15, -0.1) is 0 Å². The molecule has 1 atom stereocenters. The quantitative estimate of drug-likeness (QED) is 0.393. The third-order valence-electron chi connectivity index (χ3n) is 5.76. The first-order valence-corrected chi connectivity index (χ1v) is 12.8. The Hall–Kier alpha value is -3.44. The fraction of sp³-hybridized carbons (Fsp3) is 0.240. The average Bonchev–Trinajstić information content (AvgIpc) is 2.85. The van der Waals surface area contributed by atoms with E-state index >= 15 is 0 Å². The topological polar surface area (TPSA) is 93.1 Å². The molecule has 1 heterocycles. The van der Waals surface area contributed by atoms with Gasteiger partial charge in [0.25, 0.3) is 10.0 Å². The monoisotopic (exact) mass is 555 g/mol. The molecule has 0 saturated carbocycles. The molecule has 7 nitrogen and oxygen atoms in total. The van der Waals surface area contributed by atoms with Crippen LogP contribution in [0.4, 0.5) is 18.9 Å². The van der Waals surface area contributed by atoms with Crippen molar-refractivity contribution in [1.82, 2.24) is 0 Å². The summed E-state index contributed by atoms with van der Waals surface area (Å²) in [5.41, 5.74) is 0.151. The maximum absolute atomic E-state index is 13.7. The Morgan fingerprint density at radius 1 is 1.14 bits per heavy atom. The maximum atomic E-state index is 13.7. The predicted molar refractivity (Wildman–Crippen MR) is 131 cm³/mol. The minimum atomic E-state index is -4.74. The highest BCUT2D eigenvalue weighted by atomic mass is 35.5. The molecule has 0 aliphatic carbocycles. The number of alkyl halides is 3. The van der Waals surface area contributed by atoms with Gasteiger partial charge in [-0.3, -0.25) is 9.10 Å². The van der Waals surface area contributed by atoms with Gasteiger partial charge in [-0.2, -0.15) is 13.2 Å². The summed E-state index contributed by atoms with van der Waals surface area (Å²) in [4.78, 5) is 10.5. The summed E-state index contributed by atoms with van der Waals surface area (Å²) in [7, 11) is -3.03. The summed E-state index contributed by atoms with van der Waals surface area (Å²) in [6.45, 7) is -0.290. The van der Waals surface area contributed by atoms with Gasteiger partial charge in [0, 0.05) is 11.4 Å². The van der Waals surface area contributed by atoms with Crippen molar-refractivity contribution in [3.8, 4) is 22.6 Å². The Labute approximate surface area is 216 Å². The molecule has 1 aliphatic heterocycles. The van der Waals surface area contributed by atoms with E-state index in [4.69, 9.17) is 26.2 Å². The van der Waals surface area contributed by atoms with Gasteiger partial charge < -0.3 is 14.6 Å². The van der Waals surface area contributed by atoms with Gasteiger partial charge in [-0.25, -0.2) is 8.42 Å². The largest absolute Gasteiger partial charge is 0.497 e. The maximum Gasteiger partial charge on any atom is 0.416 e. The van der Waals surface area contributed by atoms with E-state index in [1.54, 1.807) is 24.3 Å². The first-order chi connectivity index (χ1) is 17.4. The number of aliphatic carboxylic acids is 1. The highest BCUT2D eigenvalue weighted by Gasteiger charge is 2.37. The van der Waals surface area contributed by atoms with E-state index in [0.717, 1.165) is 22.5 Å². The van der Waals surface area contributed by atoms with Crippen LogP contribution in [0.2, 0.25) is 5.02 Å². The minimum Gasteiger partial charge on any atom is -0.497 e. The molecule has 1 aliphatic rings. The molecular weight excluding hydrogens is 535 g/mol. The van der Waals surface area contributed by atoms with Gasteiger partial charge in [0.2, 0.25) is 0 Å². The van der Waals surface area contributed by atoms with Crippen molar-refractivity contribution in [3.05, 3.63) is 71.2 Å². The van der Waals surface area contributed by atoms with E-state index < -0.39 is 38.7 Å². The molecule has 3 aromatic rings. The van der Waals surface area contributed by atoms with Crippen molar-refractivity contribution in [2.75, 3.05) is 18.0 Å². The molecule has 0 spiro atoms. The van der Waals surface area contributed by atoms with Crippen LogP contribution in [0.1, 0.15) is 18.4 Å². The summed E-state index contributed by atoms with van der Waals surface area (Å²) < 4.78 is 79.3. The first-order valence-electron chi connectivity index (χ1n) is 11.0. The number of halogens is 4. The van der Waals surface area contributed by atoms with Gasteiger partial charge in [0.05, 0.1) is 29.8 Å². The lowest BCUT2D eigenvalue weighted by Gasteiger charge is -2.36. The smallest absolute Gasteiger partial charge is 0.416 e. The Balaban J connectivity index is 1.82. The number of hydrogen-bond acceptors (Lipinski definition) is 5. The second-order valence-corrected chi connectivity index (χ2v) is 10.6. The fourth-order valence-corrected chi connectivity index (χ4v) is 5.73. The lowest BCUT2D eigenvalue weighted by atomic mass is 10.0. The zero-order chi connectivity index (χ0) is 27.0. The summed E-state index contributed by atoms with van der Waals surface area (Å²) in [6, 6.07) is 13.1. The van der Waals surface area contributed by atoms with E-state index in [9.17, 15) is 26.4 Å². The second kappa shape index (κ2) is 10.1. The van der Waals surface area contributed by atoms with Crippen LogP contribution >= 0.6 is 11.6 Å². The van der Waals surface area contributed by atoms with E-state index in [2.05, 4.69) is 0 Å². The molecule has 0 fully saturated rings. The number of fused-ring (bicyclic) bond motifs is 1. The van der Waals surface area contributed by atoms with Crippen LogP contribution in [0.5, 0.6) is 11.5 Å². The third kappa shape index (κ3) is 5.78. The Morgan fingerprint density at radius 2 is 1.89 bits per heavy atom. The molecule has 0 amide bonds. The summed E-state index contributed by atoms with van der Waals surface area (Å²) in [6.07, 6.45) is -5.85. The molecule has 0 saturated heterocycles. The molecule has 196 valence electrons. The van der Waals surface area contributed by atoms with Crippen LogP contribution in [0, 0.1) is 0 Å². The molecule has 12 heteroatoms. The zero-order valence-corrected chi connectivity index (χ0v) is 20.9. The Bertz CT molecular complexity index is 1440. The van der Waals surface area contributed by atoms with Gasteiger partial charge in [0.15, 0.2) is 0 Å². The number of rotatable bonds is 7. The third-order valence-corrected chi connectivity index (χ3v) is 7.75. The number of benzene rings is 3. The highest BCUT2D eigenvalue weighted by molar-refractivity contribution is 7.92. The van der Waals surface area contributed by atoms with Crippen LogP contribution in [0.3, 0.4) is 0 Å². The zero-order valence-electron chi connectivity index (χ0n) is 19.3. The van der Waals surface area contributed by atoms with Gasteiger partial charge in [-0.1, -0.05) is 23.7 Å². The Morgan fingerprint density at radius 3 is 2.57 bits per heavy atom. The normalized spacial score (nSPS) is 15.6. The molecule has 0 radical (unpaired) electrons. The molecule has 37 heavy (non-hydrogen) atoms. The first kappa shape index (κ1) is 26.6. The van der Waals surface area contributed by atoms with Crippen LogP contribution in [-0.2, 0) is 21.0 Å². The molecule has 1 N–H and O–H groups in total. The number of carbonyl (C=O) groups is 1. The molecule has 0 aromatic heterocycles. The summed E-state index contributed by atoms with van der Waals surface area (Å²) in [5.74, 6) is -0.472. The van der Waals surface area contributed by atoms with Crippen molar-refractivity contribution < 1.29 is 41.0 Å². The molecule has 4 rings (SSSR count). The predicted octanol–water partition coefficient (Wildman–Crippen LogP) is 5.86. The number of nitrogens with zero attached hydrogens (tertiary/aromatic N) is 1. The van der Waals surface area contributed by atoms with Gasteiger partial charge in [0.1, 0.15) is 17.6 Å². The van der Waals surface area contributed by atoms with Gasteiger partial charge >= 0.3 is 12.1 Å².